The molecular formula is C15H22N2O. The monoisotopic (exact) mass is 246 g/mol. The van der Waals surface area contributed by atoms with Crippen molar-refractivity contribution >= 4 is 5.91 Å². The van der Waals surface area contributed by atoms with Crippen molar-refractivity contribution in [1.82, 2.24) is 10.6 Å². The quantitative estimate of drug-likeness (QED) is 0.853. The Morgan fingerprint density at radius 1 is 1.39 bits per heavy atom. The molecule has 0 radical (unpaired) electrons. The van der Waals surface area contributed by atoms with Crippen LogP contribution in [0.15, 0.2) is 30.3 Å². The molecule has 1 aliphatic heterocycles. The molecule has 1 aromatic carbocycles. The van der Waals surface area contributed by atoms with Gasteiger partial charge in [0.05, 0.1) is 5.92 Å². The third-order valence-corrected chi connectivity index (χ3v) is 3.54. The maximum atomic E-state index is 12.3. The first-order valence-electron chi connectivity index (χ1n) is 6.89. The van der Waals surface area contributed by atoms with Gasteiger partial charge >= 0.3 is 0 Å². The van der Waals surface area contributed by atoms with Crippen LogP contribution in [0.4, 0.5) is 0 Å². The molecule has 1 heterocycles. The Bertz CT molecular complexity index is 371. The van der Waals surface area contributed by atoms with Crippen molar-refractivity contribution in [3.8, 4) is 0 Å². The van der Waals surface area contributed by atoms with Crippen molar-refractivity contribution in [3.63, 3.8) is 0 Å². The average molecular weight is 246 g/mol. The number of carbonyl (C=O) groups is 1. The lowest BCUT2D eigenvalue weighted by Crippen LogP contribution is -2.45. The molecule has 3 nitrogen and oxygen atoms in total. The molecule has 1 amide bonds. The van der Waals surface area contributed by atoms with Gasteiger partial charge in [-0.3, -0.25) is 4.79 Å². The van der Waals surface area contributed by atoms with E-state index in [-0.39, 0.29) is 17.9 Å². The van der Waals surface area contributed by atoms with Gasteiger partial charge in [0.1, 0.15) is 0 Å². The largest absolute Gasteiger partial charge is 0.356 e. The fourth-order valence-electron chi connectivity index (χ4n) is 2.67. The first-order valence-corrected chi connectivity index (χ1v) is 6.89. The standard InChI is InChI=1S/C15H22N2O/c1-2-16-15(18)14(12-8-4-3-5-9-12)13-10-6-7-11-17-13/h3-5,8-9,13-14,17H,2,6-7,10-11H2,1H3,(H,16,18). The Hall–Kier alpha value is -1.35. The summed E-state index contributed by atoms with van der Waals surface area (Å²) >= 11 is 0. The maximum Gasteiger partial charge on any atom is 0.229 e. The van der Waals surface area contributed by atoms with Crippen LogP contribution in [-0.4, -0.2) is 25.0 Å². The van der Waals surface area contributed by atoms with Gasteiger partial charge in [-0.2, -0.15) is 0 Å². The first-order chi connectivity index (χ1) is 8.83. The third-order valence-electron chi connectivity index (χ3n) is 3.54. The van der Waals surface area contributed by atoms with Gasteiger partial charge in [-0.15, -0.1) is 0 Å². The lowest BCUT2D eigenvalue weighted by atomic mass is 9.86. The van der Waals surface area contributed by atoms with Gasteiger partial charge in [-0.05, 0) is 31.9 Å². The Morgan fingerprint density at radius 3 is 2.78 bits per heavy atom. The number of likely N-dealkylation sites (N-methyl/N-ethyl adjacent to an activating group) is 1. The highest BCUT2D eigenvalue weighted by Gasteiger charge is 2.30. The number of piperidine rings is 1. The third kappa shape index (κ3) is 3.10. The minimum absolute atomic E-state index is 0.0635. The molecule has 2 unspecified atom stereocenters. The highest BCUT2D eigenvalue weighted by atomic mass is 16.1. The van der Waals surface area contributed by atoms with Gasteiger partial charge in [-0.1, -0.05) is 36.8 Å². The smallest absolute Gasteiger partial charge is 0.229 e. The summed E-state index contributed by atoms with van der Waals surface area (Å²) in [4.78, 5) is 12.3. The van der Waals surface area contributed by atoms with Crippen molar-refractivity contribution in [1.29, 1.82) is 0 Å². The molecule has 98 valence electrons. The van der Waals surface area contributed by atoms with Crippen LogP contribution in [0.2, 0.25) is 0 Å². The number of rotatable bonds is 4. The summed E-state index contributed by atoms with van der Waals surface area (Å²) in [7, 11) is 0. The maximum absolute atomic E-state index is 12.3. The van der Waals surface area contributed by atoms with Gasteiger partial charge < -0.3 is 10.6 Å². The van der Waals surface area contributed by atoms with E-state index in [4.69, 9.17) is 0 Å². The van der Waals surface area contributed by atoms with Gasteiger partial charge in [0, 0.05) is 12.6 Å². The average Bonchev–Trinajstić information content (AvgIpc) is 2.42. The van der Waals surface area contributed by atoms with Crippen molar-refractivity contribution in [2.24, 2.45) is 0 Å². The first kappa shape index (κ1) is 13.1. The molecule has 0 aromatic heterocycles. The molecule has 2 N–H and O–H groups in total. The van der Waals surface area contributed by atoms with E-state index in [9.17, 15) is 4.79 Å². The Kier molecular flexibility index (Phi) is 4.76. The molecule has 0 bridgehead atoms. The molecule has 0 spiro atoms. The normalized spacial score (nSPS) is 21.3. The van der Waals surface area contributed by atoms with Crippen molar-refractivity contribution in [2.45, 2.75) is 38.1 Å². The summed E-state index contributed by atoms with van der Waals surface area (Å²) in [6.45, 7) is 3.68. The summed E-state index contributed by atoms with van der Waals surface area (Å²) in [5.41, 5.74) is 1.11. The predicted molar refractivity (Wildman–Crippen MR) is 73.5 cm³/mol. The van der Waals surface area contributed by atoms with Crippen LogP contribution in [0.5, 0.6) is 0 Å². The fourth-order valence-corrected chi connectivity index (χ4v) is 2.67. The van der Waals surface area contributed by atoms with Crippen LogP contribution < -0.4 is 10.6 Å². The number of benzene rings is 1. The molecule has 3 heteroatoms. The van der Waals surface area contributed by atoms with E-state index in [0.29, 0.717) is 6.54 Å². The number of hydrogen-bond donors (Lipinski definition) is 2. The zero-order chi connectivity index (χ0) is 12.8. The summed E-state index contributed by atoms with van der Waals surface area (Å²) in [5.74, 6) is 0.0783. The minimum Gasteiger partial charge on any atom is -0.356 e. The molecule has 1 fully saturated rings. The van der Waals surface area contributed by atoms with Crippen LogP contribution in [0.25, 0.3) is 0 Å². The molecule has 1 aliphatic rings. The molecule has 1 aromatic rings. The molecule has 0 saturated carbocycles. The second-order valence-corrected chi connectivity index (χ2v) is 4.84. The second-order valence-electron chi connectivity index (χ2n) is 4.84. The van der Waals surface area contributed by atoms with E-state index in [1.165, 1.54) is 12.8 Å². The Morgan fingerprint density at radius 2 is 2.17 bits per heavy atom. The molecule has 18 heavy (non-hydrogen) atoms. The minimum atomic E-state index is -0.0635. The molecule has 2 rings (SSSR count). The van der Waals surface area contributed by atoms with Gasteiger partial charge in [0.15, 0.2) is 0 Å². The van der Waals surface area contributed by atoms with Crippen LogP contribution >= 0.6 is 0 Å². The number of carbonyl (C=O) groups excluding carboxylic acids is 1. The summed E-state index contributed by atoms with van der Waals surface area (Å²) in [6, 6.07) is 10.4. The lowest BCUT2D eigenvalue weighted by Gasteiger charge is -2.30. The van der Waals surface area contributed by atoms with Crippen LogP contribution in [0.3, 0.4) is 0 Å². The van der Waals surface area contributed by atoms with Crippen molar-refractivity contribution in [2.75, 3.05) is 13.1 Å². The van der Waals surface area contributed by atoms with Crippen LogP contribution in [-0.2, 0) is 4.79 Å². The second kappa shape index (κ2) is 6.55. The van der Waals surface area contributed by atoms with E-state index < -0.39 is 0 Å². The van der Waals surface area contributed by atoms with E-state index in [1.807, 2.05) is 25.1 Å². The highest BCUT2D eigenvalue weighted by Crippen LogP contribution is 2.25. The highest BCUT2D eigenvalue weighted by molar-refractivity contribution is 5.84. The van der Waals surface area contributed by atoms with Gasteiger partial charge in [-0.25, -0.2) is 0 Å². The SMILES string of the molecule is CCNC(=O)C(c1ccccc1)C1CCCCN1. The summed E-state index contributed by atoms with van der Waals surface area (Å²) in [6.07, 6.45) is 3.50. The van der Waals surface area contributed by atoms with E-state index in [2.05, 4.69) is 22.8 Å². The zero-order valence-electron chi connectivity index (χ0n) is 11.0. The molecule has 2 atom stereocenters. The summed E-state index contributed by atoms with van der Waals surface area (Å²) < 4.78 is 0. The van der Waals surface area contributed by atoms with Crippen LogP contribution in [0.1, 0.15) is 37.7 Å². The van der Waals surface area contributed by atoms with Gasteiger partial charge in [0.25, 0.3) is 0 Å². The van der Waals surface area contributed by atoms with E-state index in [0.717, 1.165) is 18.5 Å². The molecule has 0 aliphatic carbocycles. The Labute approximate surface area is 109 Å². The van der Waals surface area contributed by atoms with Crippen molar-refractivity contribution < 1.29 is 4.79 Å². The number of hydrogen-bond acceptors (Lipinski definition) is 2. The van der Waals surface area contributed by atoms with Gasteiger partial charge in [0.2, 0.25) is 5.91 Å². The topological polar surface area (TPSA) is 41.1 Å². The summed E-state index contributed by atoms with van der Waals surface area (Å²) in [5, 5.41) is 6.46. The molecule has 1 saturated heterocycles. The predicted octanol–water partition coefficient (Wildman–Crippen LogP) is 2.05. The zero-order valence-corrected chi connectivity index (χ0v) is 11.0. The van der Waals surface area contributed by atoms with E-state index in [1.54, 1.807) is 0 Å². The molecular weight excluding hydrogens is 224 g/mol. The number of nitrogens with one attached hydrogen (secondary N) is 2. The fraction of sp³-hybridized carbons (Fsp3) is 0.533. The number of amides is 1. The van der Waals surface area contributed by atoms with E-state index >= 15 is 0 Å². The Balaban J connectivity index is 2.19. The van der Waals surface area contributed by atoms with Crippen molar-refractivity contribution in [3.05, 3.63) is 35.9 Å². The lowest BCUT2D eigenvalue weighted by molar-refractivity contribution is -0.123. The van der Waals surface area contributed by atoms with Crippen LogP contribution in [0, 0.1) is 0 Å².